The molecule has 0 aliphatic carbocycles. The fourth-order valence-corrected chi connectivity index (χ4v) is 9.01. The lowest BCUT2D eigenvalue weighted by molar-refractivity contribution is -0.137. The molecule has 3 rings (SSSR count). The lowest BCUT2D eigenvalue weighted by Crippen LogP contribution is -2.46. The van der Waals surface area contributed by atoms with Crippen molar-refractivity contribution in [2.75, 3.05) is 37.8 Å². The molecule has 3 heterocycles. The number of anilines is 1. The van der Waals surface area contributed by atoms with Crippen LogP contribution in [0.15, 0.2) is 12.7 Å². The maximum atomic E-state index is 12.7. The monoisotopic (exact) mass is 907 g/mol. The van der Waals surface area contributed by atoms with Crippen LogP contribution in [0.1, 0.15) is 59.6 Å². The largest absolute Gasteiger partial charge is 0.481 e. The second-order valence-corrected chi connectivity index (χ2v) is 18.7. The number of Topliss-reactive ketones (excluding diaryl/α,β-unsaturated/α-hetero) is 1. The van der Waals surface area contributed by atoms with Crippen LogP contribution in [0.3, 0.4) is 0 Å². The smallest absolute Gasteiger partial charge is 0.386 e. The number of hydrogen-bond donors (Lipinski definition) is 9. The van der Waals surface area contributed by atoms with E-state index in [0.29, 0.717) is 12.8 Å². The molecule has 2 aromatic heterocycles. The van der Waals surface area contributed by atoms with Gasteiger partial charge in [0.05, 0.1) is 25.5 Å². The number of carbonyl (C=O) groups excluding carboxylic acids is 4. The number of nitrogens with two attached hydrogens (primary N) is 1. The van der Waals surface area contributed by atoms with E-state index in [-0.39, 0.29) is 59.6 Å². The Morgan fingerprint density at radius 2 is 1.71 bits per heavy atom. The van der Waals surface area contributed by atoms with E-state index in [1.54, 1.807) is 6.92 Å². The Kier molecular flexibility index (Phi) is 18.1. The van der Waals surface area contributed by atoms with E-state index in [0.717, 1.165) is 29.0 Å². The average molecular weight is 908 g/mol. The highest BCUT2D eigenvalue weighted by Crippen LogP contribution is 2.61. The quantitative estimate of drug-likeness (QED) is 0.0382. The topological polar surface area (TPSA) is 381 Å². The van der Waals surface area contributed by atoms with Crippen molar-refractivity contribution in [1.82, 2.24) is 30.2 Å². The van der Waals surface area contributed by atoms with Gasteiger partial charge in [-0.3, -0.25) is 37.3 Å². The molecule has 1 fully saturated rings. The molecule has 1 aliphatic heterocycles. The second kappa shape index (κ2) is 21.2. The third-order valence-corrected chi connectivity index (χ3v) is 12.4. The number of nitrogens with zero attached hydrogens (tertiary/aromatic N) is 4. The van der Waals surface area contributed by atoms with Crippen LogP contribution < -0.4 is 16.4 Å². The van der Waals surface area contributed by atoms with Crippen molar-refractivity contribution < 1.29 is 85.3 Å². The number of ketones is 1. The molecule has 1 aliphatic rings. The van der Waals surface area contributed by atoms with Gasteiger partial charge in [0.1, 0.15) is 42.0 Å². The summed E-state index contributed by atoms with van der Waals surface area (Å²) in [5, 5.41) is 26.1. The maximum Gasteiger partial charge on any atom is 0.481 e. The molecular weight excluding hydrogens is 859 g/mol. The molecule has 8 atom stereocenters. The second-order valence-electron chi connectivity index (χ2n) is 13.4. The van der Waals surface area contributed by atoms with Gasteiger partial charge in [0, 0.05) is 37.1 Å². The molecule has 0 spiro atoms. The van der Waals surface area contributed by atoms with Gasteiger partial charge in [-0.1, -0.05) is 45.9 Å². The Morgan fingerprint density at radius 1 is 1.03 bits per heavy atom. The van der Waals surface area contributed by atoms with Crippen molar-refractivity contribution in [3.05, 3.63) is 12.7 Å². The van der Waals surface area contributed by atoms with Crippen molar-refractivity contribution in [1.29, 1.82) is 0 Å². The minimum Gasteiger partial charge on any atom is -0.386 e. The molecule has 10 N–H and O–H groups in total. The number of aromatic nitrogens is 4. The number of carbonyl (C=O) groups is 4. The molecule has 0 bridgehead atoms. The highest BCUT2D eigenvalue weighted by molar-refractivity contribution is 8.13. The SMILES string of the molecule is CCCC(C(=O)CC)C(=O)SCCNC(=O)CCNC(=O)[C@H](O)C(C)(C)COP(=O)(O)OP(=O)(O)OC[C@H]1O[C@@H](n2cnc3c(N)ncnc32)[C@H](O)[C@@H]1OP(=O)(O)O. The van der Waals surface area contributed by atoms with Gasteiger partial charge in [-0.05, 0) is 6.42 Å². The third kappa shape index (κ3) is 14.5. The number of thioether (sulfide) groups is 1. The average Bonchev–Trinajstić information content (AvgIpc) is 3.69. The lowest BCUT2D eigenvalue weighted by atomic mass is 9.87. The van der Waals surface area contributed by atoms with Gasteiger partial charge < -0.3 is 50.9 Å². The number of aliphatic hydroxyl groups is 2. The van der Waals surface area contributed by atoms with Gasteiger partial charge in [0.15, 0.2) is 22.8 Å². The van der Waals surface area contributed by atoms with Crippen molar-refractivity contribution in [2.24, 2.45) is 11.3 Å². The number of nitrogens with one attached hydrogen (secondary N) is 2. The number of phosphoric acid groups is 3. The fourth-order valence-electron chi connectivity index (χ4n) is 5.33. The van der Waals surface area contributed by atoms with Crippen LogP contribution in [0.4, 0.5) is 5.82 Å². The molecule has 0 saturated carbocycles. The van der Waals surface area contributed by atoms with Crippen LogP contribution >= 0.6 is 35.2 Å². The highest BCUT2D eigenvalue weighted by Gasteiger charge is 2.50. The van der Waals surface area contributed by atoms with Crippen LogP contribution in [-0.4, -0.2) is 128 Å². The van der Waals surface area contributed by atoms with Crippen LogP contribution in [0, 0.1) is 11.3 Å². The molecule has 2 amide bonds. The van der Waals surface area contributed by atoms with E-state index in [1.165, 1.54) is 13.8 Å². The first kappa shape index (κ1) is 49.6. The van der Waals surface area contributed by atoms with Gasteiger partial charge in [0.25, 0.3) is 0 Å². The Balaban J connectivity index is 1.48. The lowest BCUT2D eigenvalue weighted by Gasteiger charge is -2.30. The number of amides is 2. The molecule has 29 heteroatoms. The van der Waals surface area contributed by atoms with Crippen molar-refractivity contribution in [3.8, 4) is 0 Å². The summed E-state index contributed by atoms with van der Waals surface area (Å²) in [5.74, 6) is -2.13. The first-order valence-corrected chi connectivity index (χ1v) is 23.0. The summed E-state index contributed by atoms with van der Waals surface area (Å²) in [7, 11) is -16.4. The summed E-state index contributed by atoms with van der Waals surface area (Å²) in [6, 6.07) is 0. The van der Waals surface area contributed by atoms with E-state index in [4.69, 9.17) is 19.5 Å². The van der Waals surface area contributed by atoms with Gasteiger partial charge in [-0.25, -0.2) is 28.6 Å². The summed E-state index contributed by atoms with van der Waals surface area (Å²) < 4.78 is 62.1. The molecular formula is C29H48N7O18P3S. The standard InChI is InChI=1S/C29H48N7O18P3S/c1-5-7-16(17(37)6-2)28(42)58-11-10-31-19(38)8-9-32-26(41)23(40)29(3,4)13-51-57(48,49)54-56(46,47)50-12-18-22(53-55(43,44)45)21(39)27(52-18)36-15-35-20-24(30)33-14-34-25(20)36/h14-16,18,21-23,27,39-40H,5-13H2,1-4H3,(H,31,38)(H,32,41)(H,46,47)(H,48,49)(H2,30,33,34)(H2,43,44,45)/t16?,18-,21-,22-,23+,27-/m1/s1. The van der Waals surface area contributed by atoms with Crippen LogP contribution in [0.25, 0.3) is 11.2 Å². The van der Waals surface area contributed by atoms with E-state index >= 15 is 0 Å². The first-order chi connectivity index (χ1) is 26.9. The van der Waals surface area contributed by atoms with Gasteiger partial charge in [0.2, 0.25) is 11.8 Å². The first-order valence-electron chi connectivity index (χ1n) is 17.5. The van der Waals surface area contributed by atoms with Crippen molar-refractivity contribution >= 4 is 74.9 Å². The predicted octanol–water partition coefficient (Wildman–Crippen LogP) is 0.0601. The minimum atomic E-state index is -5.58. The van der Waals surface area contributed by atoms with Crippen molar-refractivity contribution in [3.63, 3.8) is 0 Å². The van der Waals surface area contributed by atoms with E-state index < -0.39 is 90.5 Å². The Morgan fingerprint density at radius 3 is 2.34 bits per heavy atom. The number of rotatable bonds is 24. The van der Waals surface area contributed by atoms with E-state index in [1.807, 2.05) is 6.92 Å². The number of aliphatic hydroxyl groups excluding tert-OH is 2. The summed E-state index contributed by atoms with van der Waals surface area (Å²) >= 11 is 0.941. The molecule has 25 nitrogen and oxygen atoms in total. The zero-order chi connectivity index (χ0) is 43.6. The summed E-state index contributed by atoms with van der Waals surface area (Å²) in [4.78, 5) is 100. The molecule has 58 heavy (non-hydrogen) atoms. The number of ether oxygens (including phenoxy) is 1. The minimum absolute atomic E-state index is 0.0246. The van der Waals surface area contributed by atoms with E-state index in [9.17, 15) is 62.7 Å². The fraction of sp³-hybridized carbons (Fsp3) is 0.690. The van der Waals surface area contributed by atoms with E-state index in [2.05, 4.69) is 34.4 Å². The van der Waals surface area contributed by atoms with Gasteiger partial charge in [-0.15, -0.1) is 0 Å². The molecule has 0 radical (unpaired) electrons. The van der Waals surface area contributed by atoms with Crippen LogP contribution in [-0.2, 0) is 55.5 Å². The van der Waals surface area contributed by atoms with Crippen molar-refractivity contribution in [2.45, 2.75) is 84.0 Å². The Hall–Kier alpha value is -2.77. The predicted molar refractivity (Wildman–Crippen MR) is 201 cm³/mol. The Labute approximate surface area is 335 Å². The molecule has 0 aromatic carbocycles. The van der Waals surface area contributed by atoms with Gasteiger partial charge in [-0.2, -0.15) is 4.31 Å². The van der Waals surface area contributed by atoms with Crippen LogP contribution in [0.2, 0.25) is 0 Å². The number of fused-ring (bicyclic) bond motifs is 1. The maximum absolute atomic E-state index is 12.7. The highest BCUT2D eigenvalue weighted by atomic mass is 32.2. The molecule has 2 aromatic rings. The Bertz CT molecular complexity index is 1920. The molecule has 1 saturated heterocycles. The number of imidazole rings is 1. The normalized spacial score (nSPS) is 21.8. The molecule has 3 unspecified atom stereocenters. The van der Waals surface area contributed by atoms with Crippen LogP contribution in [0.5, 0.6) is 0 Å². The summed E-state index contributed by atoms with van der Waals surface area (Å²) in [6.45, 7) is 3.87. The third-order valence-electron chi connectivity index (χ3n) is 8.35. The zero-order valence-electron chi connectivity index (χ0n) is 31.7. The number of hydrogen-bond acceptors (Lipinski definition) is 19. The number of nitrogen functional groups attached to an aromatic ring is 1. The molecule has 328 valence electrons. The zero-order valence-corrected chi connectivity index (χ0v) is 35.2. The van der Waals surface area contributed by atoms with Gasteiger partial charge >= 0.3 is 23.5 Å². The summed E-state index contributed by atoms with van der Waals surface area (Å²) in [5.41, 5.74) is 4.23. The number of phosphoric ester groups is 3. The summed E-state index contributed by atoms with van der Waals surface area (Å²) in [6.07, 6.45) is -5.66.